The fourth-order valence-corrected chi connectivity index (χ4v) is 7.43. The minimum atomic E-state index is 0.766. The SMILES string of the molecule is c1ccc2c(c1)sc1ccc(C3CCC4NC5CCCCC5C4C3)cc12. The Bertz CT molecular complexity index is 957. The molecule has 2 aromatic carbocycles. The minimum Gasteiger partial charge on any atom is -0.311 e. The molecule has 134 valence electrons. The van der Waals surface area contributed by atoms with Gasteiger partial charge in [-0.05, 0) is 73.6 Å². The van der Waals surface area contributed by atoms with Crippen molar-refractivity contribution >= 4 is 31.5 Å². The standard InChI is InChI=1S/C24H27NS/c1-3-7-21-17(5-1)19-13-15(9-11-22(19)25-21)16-10-12-24-20(14-16)18-6-2-4-8-23(18)26-24/h2,4,6,8,10,12,14-15,17,19,21-22,25H,1,3,5,7,9,11,13H2. The van der Waals surface area contributed by atoms with E-state index in [0.717, 1.165) is 29.8 Å². The van der Waals surface area contributed by atoms with Crippen molar-refractivity contribution in [3.8, 4) is 0 Å². The summed E-state index contributed by atoms with van der Waals surface area (Å²) in [5, 5.41) is 6.94. The van der Waals surface area contributed by atoms with Crippen molar-refractivity contribution in [1.29, 1.82) is 0 Å². The van der Waals surface area contributed by atoms with Gasteiger partial charge >= 0.3 is 0 Å². The lowest BCUT2D eigenvalue weighted by atomic mass is 9.69. The summed E-state index contributed by atoms with van der Waals surface area (Å²) in [6.45, 7) is 0. The molecule has 0 radical (unpaired) electrons. The number of thiophene rings is 1. The summed E-state index contributed by atoms with van der Waals surface area (Å²) in [5.74, 6) is 2.65. The second-order valence-corrected chi connectivity index (χ2v) is 9.94. The molecular formula is C24H27NS. The zero-order valence-corrected chi connectivity index (χ0v) is 16.1. The maximum absolute atomic E-state index is 4.02. The summed E-state index contributed by atoms with van der Waals surface area (Å²) in [6.07, 6.45) is 9.95. The Kier molecular flexibility index (Phi) is 3.66. The Hall–Kier alpha value is -1.38. The van der Waals surface area contributed by atoms with Crippen LogP contribution in [0.4, 0.5) is 0 Å². The molecule has 0 amide bonds. The smallest absolute Gasteiger partial charge is 0.0355 e. The summed E-state index contributed by atoms with van der Waals surface area (Å²) in [6, 6.07) is 17.9. The van der Waals surface area contributed by atoms with Crippen molar-refractivity contribution in [2.45, 2.75) is 62.9 Å². The second kappa shape index (κ2) is 6.07. The van der Waals surface area contributed by atoms with Gasteiger partial charge in [-0.2, -0.15) is 0 Å². The molecule has 5 atom stereocenters. The lowest BCUT2D eigenvalue weighted by Gasteiger charge is -2.35. The fraction of sp³-hybridized carbons (Fsp3) is 0.500. The van der Waals surface area contributed by atoms with Gasteiger partial charge in [0.15, 0.2) is 0 Å². The highest BCUT2D eigenvalue weighted by molar-refractivity contribution is 7.25. The van der Waals surface area contributed by atoms with Crippen LogP contribution < -0.4 is 5.32 Å². The molecule has 6 rings (SSSR count). The molecule has 1 nitrogen and oxygen atoms in total. The molecule has 2 heterocycles. The molecule has 5 unspecified atom stereocenters. The maximum atomic E-state index is 4.02. The molecule has 1 aromatic heterocycles. The molecule has 2 saturated carbocycles. The van der Waals surface area contributed by atoms with Gasteiger partial charge in [-0.15, -0.1) is 11.3 Å². The first kappa shape index (κ1) is 15.7. The Balaban J connectivity index is 1.34. The van der Waals surface area contributed by atoms with Crippen LogP contribution in [0.1, 0.15) is 56.4 Å². The largest absolute Gasteiger partial charge is 0.311 e. The minimum absolute atomic E-state index is 0.766. The number of hydrogen-bond acceptors (Lipinski definition) is 2. The number of fused-ring (bicyclic) bond motifs is 6. The summed E-state index contributed by atoms with van der Waals surface area (Å²) >= 11 is 1.94. The Morgan fingerprint density at radius 3 is 2.62 bits per heavy atom. The van der Waals surface area contributed by atoms with E-state index in [9.17, 15) is 0 Å². The first-order valence-corrected chi connectivity index (χ1v) is 11.4. The summed E-state index contributed by atoms with van der Waals surface area (Å²) < 4.78 is 2.87. The zero-order chi connectivity index (χ0) is 17.1. The molecule has 26 heavy (non-hydrogen) atoms. The number of hydrogen-bond donors (Lipinski definition) is 1. The topological polar surface area (TPSA) is 12.0 Å². The van der Waals surface area contributed by atoms with E-state index in [2.05, 4.69) is 47.8 Å². The Labute approximate surface area is 159 Å². The molecule has 3 aromatic rings. The number of benzene rings is 2. The Morgan fingerprint density at radius 1 is 0.769 bits per heavy atom. The van der Waals surface area contributed by atoms with Crippen molar-refractivity contribution in [2.24, 2.45) is 11.8 Å². The van der Waals surface area contributed by atoms with E-state index in [1.807, 2.05) is 11.3 Å². The van der Waals surface area contributed by atoms with Crippen LogP contribution in [0.3, 0.4) is 0 Å². The molecule has 0 spiro atoms. The van der Waals surface area contributed by atoms with Gasteiger partial charge in [0.05, 0.1) is 0 Å². The van der Waals surface area contributed by atoms with Crippen LogP contribution >= 0.6 is 11.3 Å². The highest BCUT2D eigenvalue weighted by Crippen LogP contribution is 2.48. The van der Waals surface area contributed by atoms with Crippen LogP contribution in [-0.4, -0.2) is 12.1 Å². The first-order chi connectivity index (χ1) is 12.9. The fourth-order valence-electron chi connectivity index (χ4n) is 6.34. The molecule has 1 aliphatic heterocycles. The van der Waals surface area contributed by atoms with Crippen LogP contribution in [0.2, 0.25) is 0 Å². The van der Waals surface area contributed by atoms with E-state index in [0.29, 0.717) is 0 Å². The summed E-state index contributed by atoms with van der Waals surface area (Å²) in [7, 11) is 0. The predicted molar refractivity (Wildman–Crippen MR) is 112 cm³/mol. The molecule has 2 heteroatoms. The molecule has 3 aliphatic rings. The van der Waals surface area contributed by atoms with Crippen LogP contribution in [0, 0.1) is 11.8 Å². The van der Waals surface area contributed by atoms with Gasteiger partial charge in [-0.3, -0.25) is 0 Å². The van der Waals surface area contributed by atoms with Crippen molar-refractivity contribution in [3.63, 3.8) is 0 Å². The van der Waals surface area contributed by atoms with Gasteiger partial charge in [0.2, 0.25) is 0 Å². The van der Waals surface area contributed by atoms with Gasteiger partial charge < -0.3 is 5.32 Å². The van der Waals surface area contributed by atoms with Crippen LogP contribution in [0.5, 0.6) is 0 Å². The van der Waals surface area contributed by atoms with Gasteiger partial charge in [0, 0.05) is 32.3 Å². The van der Waals surface area contributed by atoms with E-state index in [1.54, 1.807) is 5.56 Å². The zero-order valence-electron chi connectivity index (χ0n) is 15.3. The predicted octanol–water partition coefficient (Wildman–Crippen LogP) is 6.47. The van der Waals surface area contributed by atoms with E-state index in [1.165, 1.54) is 65.1 Å². The van der Waals surface area contributed by atoms with Crippen molar-refractivity contribution < 1.29 is 0 Å². The third kappa shape index (κ3) is 2.38. The first-order valence-electron chi connectivity index (χ1n) is 10.5. The Morgan fingerprint density at radius 2 is 1.62 bits per heavy atom. The van der Waals surface area contributed by atoms with Gasteiger partial charge in [-0.25, -0.2) is 0 Å². The second-order valence-electron chi connectivity index (χ2n) is 8.86. The lowest BCUT2D eigenvalue weighted by Crippen LogP contribution is -2.34. The molecular weight excluding hydrogens is 334 g/mol. The molecule has 2 aliphatic carbocycles. The van der Waals surface area contributed by atoms with Crippen molar-refractivity contribution in [1.82, 2.24) is 5.32 Å². The monoisotopic (exact) mass is 361 g/mol. The highest BCUT2D eigenvalue weighted by Gasteiger charge is 2.46. The highest BCUT2D eigenvalue weighted by atomic mass is 32.1. The van der Waals surface area contributed by atoms with E-state index in [4.69, 9.17) is 0 Å². The number of nitrogens with one attached hydrogen (secondary N) is 1. The van der Waals surface area contributed by atoms with Crippen LogP contribution in [0.25, 0.3) is 20.2 Å². The van der Waals surface area contributed by atoms with E-state index >= 15 is 0 Å². The quantitative estimate of drug-likeness (QED) is 0.524. The van der Waals surface area contributed by atoms with Gasteiger partial charge in [-0.1, -0.05) is 37.1 Å². The lowest BCUT2D eigenvalue weighted by molar-refractivity contribution is 0.216. The summed E-state index contributed by atoms with van der Waals surface area (Å²) in [4.78, 5) is 0. The molecule has 3 fully saturated rings. The summed E-state index contributed by atoms with van der Waals surface area (Å²) in [5.41, 5.74) is 1.60. The van der Waals surface area contributed by atoms with Crippen molar-refractivity contribution in [2.75, 3.05) is 0 Å². The third-order valence-corrected chi connectivity index (χ3v) is 8.72. The average Bonchev–Trinajstić information content (AvgIpc) is 3.25. The van der Waals surface area contributed by atoms with Gasteiger partial charge in [0.25, 0.3) is 0 Å². The molecule has 1 saturated heterocycles. The van der Waals surface area contributed by atoms with Crippen LogP contribution in [-0.2, 0) is 0 Å². The maximum Gasteiger partial charge on any atom is 0.0355 e. The normalized spacial score (nSPS) is 34.1. The van der Waals surface area contributed by atoms with E-state index < -0.39 is 0 Å². The van der Waals surface area contributed by atoms with Crippen LogP contribution in [0.15, 0.2) is 42.5 Å². The van der Waals surface area contributed by atoms with Gasteiger partial charge in [0.1, 0.15) is 0 Å². The molecule has 1 N–H and O–H groups in total. The van der Waals surface area contributed by atoms with Crippen molar-refractivity contribution in [3.05, 3.63) is 48.0 Å². The number of rotatable bonds is 1. The third-order valence-electron chi connectivity index (χ3n) is 7.57. The molecule has 0 bridgehead atoms. The van der Waals surface area contributed by atoms with E-state index in [-0.39, 0.29) is 0 Å². The average molecular weight is 362 g/mol.